The number of hydrogen-bond acceptors (Lipinski definition) is 5. The summed E-state index contributed by atoms with van der Waals surface area (Å²) in [6.07, 6.45) is 5.07. The van der Waals surface area contributed by atoms with Crippen molar-refractivity contribution >= 4 is 32.0 Å². The topological polar surface area (TPSA) is 85.1 Å². The Labute approximate surface area is 111 Å². The van der Waals surface area contributed by atoms with Crippen LogP contribution < -0.4 is 11.1 Å². The quantitative estimate of drug-likeness (QED) is 0.812. The minimum Gasteiger partial charge on any atom is -0.398 e. The maximum atomic E-state index is 11.4. The van der Waals surface area contributed by atoms with Crippen LogP contribution in [0.4, 0.5) is 11.4 Å². The number of anilines is 2. The highest BCUT2D eigenvalue weighted by atomic mass is 32.2. The van der Waals surface area contributed by atoms with Crippen molar-refractivity contribution in [2.75, 3.05) is 16.8 Å². The van der Waals surface area contributed by atoms with Crippen molar-refractivity contribution in [1.82, 2.24) is 4.98 Å². The Hall–Kier alpha value is -2.08. The number of nitrogens with one attached hydrogen (secondary N) is 1. The molecule has 1 aromatic carbocycles. The Kier molecular flexibility index (Phi) is 2.67. The molecule has 0 radical (unpaired) electrons. The van der Waals surface area contributed by atoms with Gasteiger partial charge in [-0.1, -0.05) is 6.08 Å². The summed E-state index contributed by atoms with van der Waals surface area (Å²) in [5.41, 5.74) is 7.43. The number of nitrogens with zero attached hydrogens (tertiary/aromatic N) is 1. The first-order chi connectivity index (χ1) is 9.05. The predicted octanol–water partition coefficient (Wildman–Crippen LogP) is 1.54. The smallest absolute Gasteiger partial charge is 0.173 e. The van der Waals surface area contributed by atoms with Gasteiger partial charge in [0, 0.05) is 39.9 Å². The number of nitrogens with two attached hydrogens (primary N) is 1. The zero-order chi connectivity index (χ0) is 13.5. The molecule has 0 aliphatic carbocycles. The van der Waals surface area contributed by atoms with Crippen molar-refractivity contribution in [2.24, 2.45) is 0 Å². The second-order valence-corrected chi connectivity index (χ2v) is 6.46. The molecular weight excluding hydrogens is 262 g/mol. The standard InChI is InChI=1S/C13H13N3O2S/c14-12-1-2-13(11-7-15-5-3-10(11)12)16-9-4-6-19(17,18)8-9/h1-7,9,16H,8,14H2. The lowest BCUT2D eigenvalue weighted by molar-refractivity contribution is 0.605. The van der Waals surface area contributed by atoms with Crippen LogP contribution >= 0.6 is 0 Å². The van der Waals surface area contributed by atoms with E-state index in [1.54, 1.807) is 24.5 Å². The Bertz CT molecular complexity index is 769. The minimum absolute atomic E-state index is 0.0825. The van der Waals surface area contributed by atoms with Crippen molar-refractivity contribution in [3.63, 3.8) is 0 Å². The van der Waals surface area contributed by atoms with Gasteiger partial charge in [-0.05, 0) is 18.2 Å². The molecule has 0 bridgehead atoms. The van der Waals surface area contributed by atoms with E-state index in [1.807, 2.05) is 12.1 Å². The molecular formula is C13H13N3O2S. The van der Waals surface area contributed by atoms with Crippen LogP contribution in [0.2, 0.25) is 0 Å². The van der Waals surface area contributed by atoms with Crippen LogP contribution in [0.25, 0.3) is 10.8 Å². The van der Waals surface area contributed by atoms with E-state index in [0.29, 0.717) is 5.69 Å². The molecule has 0 saturated carbocycles. The zero-order valence-electron chi connectivity index (χ0n) is 10.1. The van der Waals surface area contributed by atoms with E-state index >= 15 is 0 Å². The number of nitrogen functional groups attached to an aromatic ring is 1. The number of benzene rings is 1. The fraction of sp³-hybridized carbons (Fsp3) is 0.154. The highest BCUT2D eigenvalue weighted by Gasteiger charge is 2.21. The average Bonchev–Trinajstić information content (AvgIpc) is 2.73. The van der Waals surface area contributed by atoms with Gasteiger partial charge in [0.1, 0.15) is 0 Å². The maximum Gasteiger partial charge on any atom is 0.173 e. The highest BCUT2D eigenvalue weighted by Crippen LogP contribution is 2.28. The fourth-order valence-electron chi connectivity index (χ4n) is 2.20. The molecule has 3 N–H and O–H groups in total. The number of hydrogen-bond donors (Lipinski definition) is 2. The molecule has 1 atom stereocenters. The summed E-state index contributed by atoms with van der Waals surface area (Å²) in [5, 5.41) is 6.25. The van der Waals surface area contributed by atoms with Crippen LogP contribution in [0.3, 0.4) is 0 Å². The van der Waals surface area contributed by atoms with Crippen molar-refractivity contribution in [3.8, 4) is 0 Å². The normalized spacial score (nSPS) is 20.7. The third-order valence-electron chi connectivity index (χ3n) is 3.12. The average molecular weight is 275 g/mol. The summed E-state index contributed by atoms with van der Waals surface area (Å²) < 4.78 is 22.8. The van der Waals surface area contributed by atoms with Crippen molar-refractivity contribution < 1.29 is 8.42 Å². The summed E-state index contributed by atoms with van der Waals surface area (Å²) in [6.45, 7) is 0. The van der Waals surface area contributed by atoms with Gasteiger partial charge in [0.05, 0.1) is 11.8 Å². The van der Waals surface area contributed by atoms with Crippen molar-refractivity contribution in [2.45, 2.75) is 6.04 Å². The van der Waals surface area contributed by atoms with E-state index in [2.05, 4.69) is 10.3 Å². The van der Waals surface area contributed by atoms with Crippen LogP contribution in [0, 0.1) is 0 Å². The van der Waals surface area contributed by atoms with Gasteiger partial charge in [0.25, 0.3) is 0 Å². The Morgan fingerprint density at radius 3 is 2.84 bits per heavy atom. The molecule has 0 spiro atoms. The van der Waals surface area contributed by atoms with Crippen molar-refractivity contribution in [3.05, 3.63) is 42.1 Å². The molecule has 0 saturated heterocycles. The third-order valence-corrected chi connectivity index (χ3v) is 4.52. The minimum atomic E-state index is -3.06. The number of sulfone groups is 1. The maximum absolute atomic E-state index is 11.4. The molecule has 3 rings (SSSR count). The van der Waals surface area contributed by atoms with Crippen LogP contribution in [0.15, 0.2) is 42.1 Å². The summed E-state index contributed by atoms with van der Waals surface area (Å²) in [7, 11) is -3.06. The van der Waals surface area contributed by atoms with Gasteiger partial charge in [-0.25, -0.2) is 8.42 Å². The monoisotopic (exact) mass is 275 g/mol. The number of rotatable bonds is 2. The van der Waals surface area contributed by atoms with Gasteiger partial charge in [-0.3, -0.25) is 4.98 Å². The molecule has 2 heterocycles. The second kappa shape index (κ2) is 4.24. The zero-order valence-corrected chi connectivity index (χ0v) is 10.9. The van der Waals surface area contributed by atoms with E-state index in [9.17, 15) is 8.42 Å². The van der Waals surface area contributed by atoms with Gasteiger partial charge in [-0.2, -0.15) is 0 Å². The largest absolute Gasteiger partial charge is 0.398 e. The first-order valence-electron chi connectivity index (χ1n) is 5.85. The SMILES string of the molecule is Nc1ccc(NC2C=CS(=O)(=O)C2)c2cnccc12. The number of aromatic nitrogens is 1. The highest BCUT2D eigenvalue weighted by molar-refractivity contribution is 7.94. The first-order valence-corrected chi connectivity index (χ1v) is 7.56. The first kappa shape index (κ1) is 12.0. The van der Waals surface area contributed by atoms with Crippen molar-refractivity contribution in [1.29, 1.82) is 0 Å². The summed E-state index contributed by atoms with van der Waals surface area (Å²) in [5.74, 6) is 0.0825. The van der Waals surface area contributed by atoms with Gasteiger partial charge in [0.2, 0.25) is 0 Å². The molecule has 5 nitrogen and oxygen atoms in total. The van der Waals surface area contributed by atoms with E-state index in [4.69, 9.17) is 5.73 Å². The Morgan fingerprint density at radius 1 is 1.26 bits per heavy atom. The Morgan fingerprint density at radius 2 is 2.11 bits per heavy atom. The number of fused-ring (bicyclic) bond motifs is 1. The second-order valence-electron chi connectivity index (χ2n) is 4.53. The molecule has 2 aromatic rings. The molecule has 98 valence electrons. The number of pyridine rings is 1. The predicted molar refractivity (Wildman–Crippen MR) is 76.5 cm³/mol. The summed E-state index contributed by atoms with van der Waals surface area (Å²) in [6, 6.07) is 5.28. The van der Waals surface area contributed by atoms with E-state index in [0.717, 1.165) is 16.5 Å². The Balaban J connectivity index is 1.99. The molecule has 6 heteroatoms. The molecule has 1 unspecified atom stereocenters. The lowest BCUT2D eigenvalue weighted by atomic mass is 10.1. The van der Waals surface area contributed by atoms with Gasteiger partial charge in [-0.15, -0.1) is 0 Å². The molecule has 0 fully saturated rings. The van der Waals surface area contributed by atoms with E-state index < -0.39 is 9.84 Å². The lowest BCUT2D eigenvalue weighted by Gasteiger charge is -2.14. The third kappa shape index (κ3) is 2.26. The van der Waals surface area contributed by atoms with Crippen LogP contribution in [0.1, 0.15) is 0 Å². The van der Waals surface area contributed by atoms with Gasteiger partial charge < -0.3 is 11.1 Å². The van der Waals surface area contributed by atoms with E-state index in [1.165, 1.54) is 5.41 Å². The molecule has 1 aromatic heterocycles. The molecule has 19 heavy (non-hydrogen) atoms. The lowest BCUT2D eigenvalue weighted by Crippen LogP contribution is -2.21. The van der Waals surface area contributed by atoms with Gasteiger partial charge >= 0.3 is 0 Å². The van der Waals surface area contributed by atoms with Crippen LogP contribution in [-0.4, -0.2) is 25.2 Å². The summed E-state index contributed by atoms with van der Waals surface area (Å²) in [4.78, 5) is 4.09. The molecule has 1 aliphatic rings. The molecule has 0 amide bonds. The molecule has 1 aliphatic heterocycles. The summed E-state index contributed by atoms with van der Waals surface area (Å²) >= 11 is 0. The van der Waals surface area contributed by atoms with Crippen LogP contribution in [0.5, 0.6) is 0 Å². The van der Waals surface area contributed by atoms with Crippen LogP contribution in [-0.2, 0) is 9.84 Å². The fourth-order valence-corrected chi connectivity index (χ4v) is 3.44. The van der Waals surface area contributed by atoms with Gasteiger partial charge in [0.15, 0.2) is 9.84 Å². The van der Waals surface area contributed by atoms with E-state index in [-0.39, 0.29) is 11.8 Å².